The number of fused-ring (bicyclic) bond motifs is 6. The molecule has 0 aliphatic heterocycles. The first kappa shape index (κ1) is 48.5. The van der Waals surface area contributed by atoms with Crippen LogP contribution in [-0.2, 0) is 36.5 Å². The molecule has 0 saturated carbocycles. The highest BCUT2D eigenvalue weighted by Gasteiger charge is 2.23. The number of aromatic nitrogens is 6. The van der Waals surface area contributed by atoms with Gasteiger partial charge in [0, 0.05) is 51.5 Å². The molecule has 76 heavy (non-hydrogen) atoms. The minimum absolute atomic E-state index is 0.0324. The molecule has 0 saturated heterocycles. The Bertz CT molecular complexity index is 3970. The number of rotatable bonds is 11. The Labute approximate surface area is 446 Å². The number of benzene rings is 7. The van der Waals surface area contributed by atoms with Crippen molar-refractivity contribution in [2.24, 2.45) is 0 Å². The smallest absolute Gasteiger partial charge is 0.147 e. The van der Waals surface area contributed by atoms with Crippen molar-refractivity contribution in [1.29, 1.82) is 0 Å². The summed E-state index contributed by atoms with van der Waals surface area (Å²) >= 11 is 0. The zero-order chi connectivity index (χ0) is 52.3. The molecule has 0 unspecified atom stereocenters. The number of hydrogen-bond donors (Lipinski definition) is 0. The highest BCUT2D eigenvalue weighted by atomic mass is 15.1. The lowest BCUT2D eigenvalue weighted by Crippen LogP contribution is -2.18. The Hall–Kier alpha value is -8.48. The fourth-order valence-corrected chi connectivity index (χ4v) is 11.2. The average Bonchev–Trinajstić information content (AvgIpc) is 4.03. The average molecular weight is 989 g/mol. The van der Waals surface area contributed by atoms with Crippen molar-refractivity contribution in [3.8, 4) is 55.8 Å². The van der Waals surface area contributed by atoms with E-state index < -0.39 is 0 Å². The zero-order valence-corrected chi connectivity index (χ0v) is 45.0. The topological polar surface area (TPSA) is 60.4 Å². The van der Waals surface area contributed by atoms with Crippen molar-refractivity contribution in [1.82, 2.24) is 28.7 Å². The molecule has 0 aliphatic carbocycles. The second-order valence-corrected chi connectivity index (χ2v) is 22.9. The van der Waals surface area contributed by atoms with Crippen LogP contribution in [0.15, 0.2) is 195 Å². The first-order valence-corrected chi connectivity index (χ1v) is 26.8. The van der Waals surface area contributed by atoms with Crippen LogP contribution in [0.3, 0.4) is 0 Å². The van der Waals surface area contributed by atoms with Crippen molar-refractivity contribution < 1.29 is 0 Å². The molecule has 5 heterocycles. The van der Waals surface area contributed by atoms with E-state index in [0.29, 0.717) is 0 Å². The maximum absolute atomic E-state index is 5.28. The Kier molecular flexibility index (Phi) is 12.3. The summed E-state index contributed by atoms with van der Waals surface area (Å²) in [7, 11) is 0. The molecular weight excluding hydrogens is 925 g/mol. The first-order chi connectivity index (χ1) is 36.7. The van der Waals surface area contributed by atoms with Crippen molar-refractivity contribution in [2.45, 2.75) is 91.9 Å². The van der Waals surface area contributed by atoms with E-state index in [1.165, 1.54) is 77.7 Å². The van der Waals surface area contributed by atoms with Gasteiger partial charge in [-0.05, 0) is 142 Å². The highest BCUT2D eigenvalue weighted by Crippen LogP contribution is 2.37. The van der Waals surface area contributed by atoms with Gasteiger partial charge >= 0.3 is 0 Å². The minimum Gasteiger partial charge on any atom is -0.303 e. The van der Waals surface area contributed by atoms with Gasteiger partial charge in [-0.2, -0.15) is 0 Å². The maximum Gasteiger partial charge on any atom is 0.147 e. The molecule has 0 aliphatic rings. The van der Waals surface area contributed by atoms with E-state index in [-0.39, 0.29) is 10.8 Å². The number of nitrogens with zero attached hydrogens (tertiary/aromatic N) is 6. The summed E-state index contributed by atoms with van der Waals surface area (Å²) in [6.07, 6.45) is 9.83. The summed E-state index contributed by atoms with van der Waals surface area (Å²) in [5, 5.41) is 3.52. The Morgan fingerprint density at radius 2 is 0.934 bits per heavy atom. The third kappa shape index (κ3) is 9.60. The van der Waals surface area contributed by atoms with E-state index in [1.807, 2.05) is 6.20 Å². The minimum atomic E-state index is -0.140. The van der Waals surface area contributed by atoms with Gasteiger partial charge in [-0.15, -0.1) is 0 Å². The molecule has 7 aromatic carbocycles. The van der Waals surface area contributed by atoms with Crippen molar-refractivity contribution in [3.63, 3.8) is 0 Å². The summed E-state index contributed by atoms with van der Waals surface area (Å²) in [4.78, 5) is 20.1. The molecule has 6 heteroatoms. The molecule has 5 aromatic heterocycles. The Balaban J connectivity index is 0.866. The fraction of sp³-hybridized carbons (Fsp3) is 0.200. The van der Waals surface area contributed by atoms with E-state index in [9.17, 15) is 0 Å². The quantitative estimate of drug-likeness (QED) is 0.130. The third-order valence-electron chi connectivity index (χ3n) is 15.0. The van der Waals surface area contributed by atoms with Crippen LogP contribution in [0.5, 0.6) is 0 Å². The molecule has 374 valence electrons. The van der Waals surface area contributed by atoms with Gasteiger partial charge in [0.15, 0.2) is 0 Å². The lowest BCUT2D eigenvalue weighted by atomic mass is 9.89. The number of imidazole rings is 2. The zero-order valence-electron chi connectivity index (χ0n) is 45.0. The summed E-state index contributed by atoms with van der Waals surface area (Å²) in [5.74, 6) is 1.02. The highest BCUT2D eigenvalue weighted by molar-refractivity contribution is 5.95. The number of hydrogen-bond acceptors (Lipinski definition) is 4. The standard InChI is InChI=1S/C70H64N6/c1-45-43-75-65(69(3,4)5)42-58-37-47(22-32-61(58)66(75)72-45)18-20-49-36-50(21-19-48-23-33-62-64(40-48)74-68(70(6,7)8)76-44-46(2)73-67(62)76)39-57(38-49)60-17-13-12-16-59(60)54-28-30-55(31-29-54)63-41-56(34-35-71-63)53-26-24-52(25-27-53)51-14-10-9-11-15-51/h9-17,22-44H,18-21H2,1-8H3. The van der Waals surface area contributed by atoms with Gasteiger partial charge in [0.1, 0.15) is 17.1 Å². The van der Waals surface area contributed by atoms with Gasteiger partial charge in [0.25, 0.3) is 0 Å². The Morgan fingerprint density at radius 1 is 0.395 bits per heavy atom. The monoisotopic (exact) mass is 989 g/mol. The van der Waals surface area contributed by atoms with Crippen LogP contribution in [0.4, 0.5) is 0 Å². The van der Waals surface area contributed by atoms with E-state index in [1.54, 1.807) is 0 Å². The van der Waals surface area contributed by atoms with Crippen LogP contribution >= 0.6 is 0 Å². The molecule has 0 fully saturated rings. The largest absolute Gasteiger partial charge is 0.303 e. The van der Waals surface area contributed by atoms with Crippen LogP contribution in [0, 0.1) is 13.8 Å². The normalized spacial score (nSPS) is 12.2. The van der Waals surface area contributed by atoms with Gasteiger partial charge < -0.3 is 4.40 Å². The van der Waals surface area contributed by atoms with Crippen LogP contribution in [0.25, 0.3) is 88.7 Å². The molecule has 6 nitrogen and oxygen atoms in total. The van der Waals surface area contributed by atoms with Crippen LogP contribution < -0.4 is 0 Å². The van der Waals surface area contributed by atoms with E-state index in [2.05, 4.69) is 253 Å². The first-order valence-electron chi connectivity index (χ1n) is 26.8. The van der Waals surface area contributed by atoms with Gasteiger partial charge in [-0.3, -0.25) is 9.38 Å². The van der Waals surface area contributed by atoms with Gasteiger partial charge in [-0.1, -0.05) is 187 Å². The number of aryl methyl sites for hydroxylation is 6. The third-order valence-corrected chi connectivity index (χ3v) is 15.0. The van der Waals surface area contributed by atoms with Crippen molar-refractivity contribution in [2.75, 3.05) is 0 Å². The summed E-state index contributed by atoms with van der Waals surface area (Å²) in [6.45, 7) is 17.7. The second-order valence-electron chi connectivity index (χ2n) is 22.9. The predicted octanol–water partition coefficient (Wildman–Crippen LogP) is 17.2. The van der Waals surface area contributed by atoms with Gasteiger partial charge in [0.05, 0.1) is 22.6 Å². The molecule has 0 spiro atoms. The van der Waals surface area contributed by atoms with Crippen molar-refractivity contribution >= 4 is 33.0 Å². The molecule has 0 atom stereocenters. The predicted molar refractivity (Wildman–Crippen MR) is 316 cm³/mol. The van der Waals surface area contributed by atoms with E-state index in [0.717, 1.165) is 81.9 Å². The fourth-order valence-electron chi connectivity index (χ4n) is 11.2. The maximum atomic E-state index is 5.28. The van der Waals surface area contributed by atoms with Crippen LogP contribution in [-0.4, -0.2) is 28.7 Å². The van der Waals surface area contributed by atoms with Crippen molar-refractivity contribution in [3.05, 3.63) is 240 Å². The summed E-state index contributed by atoms with van der Waals surface area (Å²) in [5.41, 5.74) is 23.0. The van der Waals surface area contributed by atoms with Crippen LogP contribution in [0.1, 0.15) is 86.7 Å². The SMILES string of the molecule is Cc1cn2c(C(C)(C)C)cc3cc(CCc4cc(CCc5ccc6c(c5)nc(C(C)(C)C)n5cc(C)nc65)cc(-c5ccccc5-c5ccc(-c6cc(-c7ccc(-c8ccccc8)cc7)ccn6)cc5)c4)ccc3c2n1. The second kappa shape index (κ2) is 19.3. The molecule has 0 amide bonds. The Morgan fingerprint density at radius 3 is 1.59 bits per heavy atom. The lowest BCUT2D eigenvalue weighted by Gasteiger charge is -2.22. The number of pyridine rings is 2. The van der Waals surface area contributed by atoms with E-state index in [4.69, 9.17) is 19.9 Å². The molecule has 0 bridgehead atoms. The van der Waals surface area contributed by atoms with Gasteiger partial charge in [0.2, 0.25) is 0 Å². The van der Waals surface area contributed by atoms with E-state index >= 15 is 0 Å². The molecule has 12 aromatic rings. The molecular formula is C70H64N6. The molecule has 0 radical (unpaired) electrons. The lowest BCUT2D eigenvalue weighted by molar-refractivity contribution is 0.539. The van der Waals surface area contributed by atoms with Crippen LogP contribution in [0.2, 0.25) is 0 Å². The molecule has 0 N–H and O–H groups in total. The summed E-state index contributed by atoms with van der Waals surface area (Å²) < 4.78 is 4.47. The summed E-state index contributed by atoms with van der Waals surface area (Å²) in [6, 6.07) is 64.9. The molecule has 12 rings (SSSR count). The van der Waals surface area contributed by atoms with Gasteiger partial charge in [-0.25, -0.2) is 15.0 Å².